The van der Waals surface area contributed by atoms with Crippen LogP contribution in [0.4, 0.5) is 11.5 Å². The number of rotatable bonds is 6. The minimum Gasteiger partial charge on any atom is -0.497 e. The predicted octanol–water partition coefficient (Wildman–Crippen LogP) is 2.03. The Labute approximate surface area is 159 Å². The Balaban J connectivity index is 1.61. The van der Waals surface area contributed by atoms with E-state index in [0.717, 1.165) is 37.4 Å². The normalized spacial score (nSPS) is 14.7. The fourth-order valence-electron chi connectivity index (χ4n) is 3.09. The lowest BCUT2D eigenvalue weighted by Gasteiger charge is -2.33. The van der Waals surface area contributed by atoms with Gasteiger partial charge in [0.2, 0.25) is 5.91 Å². The number of methoxy groups -OCH3 is 2. The molecule has 0 aliphatic carbocycles. The van der Waals surface area contributed by atoms with E-state index >= 15 is 0 Å². The molecule has 1 N–H and O–H groups in total. The van der Waals surface area contributed by atoms with Crippen molar-refractivity contribution in [2.24, 2.45) is 0 Å². The van der Waals surface area contributed by atoms with Crippen molar-refractivity contribution >= 4 is 17.4 Å². The number of likely N-dealkylation sites (N-methyl/N-ethyl adjacent to an activating group) is 1. The SMILES string of the molecule is COc1ccc(OC)c(CC(=O)Nc2ccc(N3CCN(C)CC3)cn2)c1. The molecule has 144 valence electrons. The van der Waals surface area contributed by atoms with Crippen LogP contribution in [-0.2, 0) is 11.2 Å². The predicted molar refractivity (Wildman–Crippen MR) is 106 cm³/mol. The van der Waals surface area contributed by atoms with Gasteiger partial charge < -0.3 is 24.6 Å². The van der Waals surface area contributed by atoms with Crippen molar-refractivity contribution in [3.63, 3.8) is 0 Å². The molecule has 1 aliphatic heterocycles. The van der Waals surface area contributed by atoms with E-state index in [1.54, 1.807) is 26.4 Å². The number of benzene rings is 1. The van der Waals surface area contributed by atoms with Crippen molar-refractivity contribution in [2.75, 3.05) is 57.7 Å². The summed E-state index contributed by atoms with van der Waals surface area (Å²) in [7, 11) is 5.31. The number of carbonyl (C=O) groups excluding carboxylic acids is 1. The summed E-state index contributed by atoms with van der Waals surface area (Å²) in [5.41, 5.74) is 1.85. The van der Waals surface area contributed by atoms with Gasteiger partial charge in [-0.25, -0.2) is 4.98 Å². The molecule has 3 rings (SSSR count). The zero-order valence-corrected chi connectivity index (χ0v) is 16.1. The number of ether oxygens (including phenoxy) is 2. The molecule has 2 heterocycles. The summed E-state index contributed by atoms with van der Waals surface area (Å²) in [6, 6.07) is 9.25. The van der Waals surface area contributed by atoms with E-state index in [4.69, 9.17) is 9.47 Å². The molecule has 0 saturated carbocycles. The van der Waals surface area contributed by atoms with Crippen LogP contribution >= 0.6 is 0 Å². The molecule has 1 aromatic heterocycles. The Bertz CT molecular complexity index is 771. The lowest BCUT2D eigenvalue weighted by Crippen LogP contribution is -2.44. The van der Waals surface area contributed by atoms with Crippen LogP contribution in [0.25, 0.3) is 0 Å². The molecule has 7 nitrogen and oxygen atoms in total. The number of anilines is 2. The second kappa shape index (κ2) is 8.73. The number of amides is 1. The number of hydrogen-bond acceptors (Lipinski definition) is 6. The van der Waals surface area contributed by atoms with Gasteiger partial charge in [-0.15, -0.1) is 0 Å². The highest BCUT2D eigenvalue weighted by molar-refractivity contribution is 5.91. The molecule has 0 unspecified atom stereocenters. The maximum Gasteiger partial charge on any atom is 0.230 e. The van der Waals surface area contributed by atoms with Gasteiger partial charge in [-0.05, 0) is 37.4 Å². The van der Waals surface area contributed by atoms with Crippen LogP contribution in [-0.4, -0.2) is 63.2 Å². The molecule has 0 atom stereocenters. The Morgan fingerprint density at radius 3 is 2.52 bits per heavy atom. The van der Waals surface area contributed by atoms with Gasteiger partial charge >= 0.3 is 0 Å². The van der Waals surface area contributed by atoms with Crippen molar-refractivity contribution < 1.29 is 14.3 Å². The average Bonchev–Trinajstić information content (AvgIpc) is 2.69. The van der Waals surface area contributed by atoms with Gasteiger partial charge in [0.15, 0.2) is 0 Å². The van der Waals surface area contributed by atoms with Crippen molar-refractivity contribution in [1.29, 1.82) is 0 Å². The van der Waals surface area contributed by atoms with Gasteiger partial charge in [0.1, 0.15) is 17.3 Å². The molecule has 1 aliphatic rings. The van der Waals surface area contributed by atoms with Gasteiger partial charge in [0.05, 0.1) is 32.5 Å². The average molecular weight is 370 g/mol. The summed E-state index contributed by atoms with van der Waals surface area (Å²) in [5.74, 6) is 1.73. The molecule has 1 aromatic carbocycles. The largest absolute Gasteiger partial charge is 0.497 e. The Hall–Kier alpha value is -2.80. The second-order valence-corrected chi connectivity index (χ2v) is 6.59. The van der Waals surface area contributed by atoms with Crippen molar-refractivity contribution in [3.8, 4) is 11.5 Å². The highest BCUT2D eigenvalue weighted by Crippen LogP contribution is 2.25. The number of carbonyl (C=O) groups is 1. The van der Waals surface area contributed by atoms with Crippen LogP contribution in [0.2, 0.25) is 0 Å². The van der Waals surface area contributed by atoms with Crippen LogP contribution in [0, 0.1) is 0 Å². The Morgan fingerprint density at radius 1 is 1.11 bits per heavy atom. The van der Waals surface area contributed by atoms with E-state index in [-0.39, 0.29) is 12.3 Å². The van der Waals surface area contributed by atoms with Gasteiger partial charge in [0, 0.05) is 31.7 Å². The second-order valence-electron chi connectivity index (χ2n) is 6.59. The van der Waals surface area contributed by atoms with Gasteiger partial charge in [-0.3, -0.25) is 4.79 Å². The number of aromatic nitrogens is 1. The number of nitrogens with zero attached hydrogens (tertiary/aromatic N) is 3. The first-order chi connectivity index (χ1) is 13.1. The summed E-state index contributed by atoms with van der Waals surface area (Å²) in [5, 5.41) is 2.84. The molecule has 2 aromatic rings. The molecule has 1 saturated heterocycles. The fourth-order valence-corrected chi connectivity index (χ4v) is 3.09. The molecule has 1 fully saturated rings. The highest BCUT2D eigenvalue weighted by Gasteiger charge is 2.15. The van der Waals surface area contributed by atoms with Gasteiger partial charge in [-0.1, -0.05) is 0 Å². The minimum atomic E-state index is -0.151. The quantitative estimate of drug-likeness (QED) is 0.839. The number of pyridine rings is 1. The minimum absolute atomic E-state index is 0.151. The molecule has 0 bridgehead atoms. The van der Waals surface area contributed by atoms with Gasteiger partial charge in [0.25, 0.3) is 0 Å². The number of nitrogens with one attached hydrogen (secondary N) is 1. The smallest absolute Gasteiger partial charge is 0.230 e. The lowest BCUT2D eigenvalue weighted by molar-refractivity contribution is -0.115. The monoisotopic (exact) mass is 370 g/mol. The van der Waals surface area contributed by atoms with Crippen LogP contribution < -0.4 is 19.7 Å². The third-order valence-electron chi connectivity index (χ3n) is 4.72. The maximum absolute atomic E-state index is 12.4. The molecule has 0 spiro atoms. The fraction of sp³-hybridized carbons (Fsp3) is 0.400. The van der Waals surface area contributed by atoms with Crippen molar-refractivity contribution in [1.82, 2.24) is 9.88 Å². The molecular formula is C20H26N4O3. The number of piperazine rings is 1. The van der Waals surface area contributed by atoms with Crippen LogP contribution in [0.3, 0.4) is 0 Å². The van der Waals surface area contributed by atoms with Crippen molar-refractivity contribution in [3.05, 3.63) is 42.1 Å². The third-order valence-corrected chi connectivity index (χ3v) is 4.72. The first-order valence-corrected chi connectivity index (χ1v) is 8.99. The molecule has 1 amide bonds. The summed E-state index contributed by atoms with van der Waals surface area (Å²) >= 11 is 0. The van der Waals surface area contributed by atoms with E-state index in [9.17, 15) is 4.79 Å². The molecule has 7 heteroatoms. The van der Waals surface area contributed by atoms with Crippen LogP contribution in [0.5, 0.6) is 11.5 Å². The van der Waals surface area contributed by atoms with E-state index in [1.165, 1.54) is 0 Å². The standard InChI is InChI=1S/C20H26N4O3/c1-23-8-10-24(11-9-23)16-4-7-19(21-14-16)22-20(25)13-15-12-17(26-2)5-6-18(15)27-3/h4-7,12,14H,8-11,13H2,1-3H3,(H,21,22,25). The summed E-state index contributed by atoms with van der Waals surface area (Å²) in [4.78, 5) is 21.4. The zero-order chi connectivity index (χ0) is 19.2. The summed E-state index contributed by atoms with van der Waals surface area (Å²) in [6.07, 6.45) is 2.00. The van der Waals surface area contributed by atoms with Crippen molar-refractivity contribution in [2.45, 2.75) is 6.42 Å². The lowest BCUT2D eigenvalue weighted by atomic mass is 10.1. The number of hydrogen-bond donors (Lipinski definition) is 1. The van der Waals surface area contributed by atoms with Gasteiger partial charge in [-0.2, -0.15) is 0 Å². The molecular weight excluding hydrogens is 344 g/mol. The van der Waals surface area contributed by atoms with Crippen LogP contribution in [0.1, 0.15) is 5.56 Å². The highest BCUT2D eigenvalue weighted by atomic mass is 16.5. The first-order valence-electron chi connectivity index (χ1n) is 8.99. The Kier molecular flexibility index (Phi) is 6.13. The van der Waals surface area contributed by atoms with E-state index in [0.29, 0.717) is 17.3 Å². The maximum atomic E-state index is 12.4. The van der Waals surface area contributed by atoms with E-state index < -0.39 is 0 Å². The van der Waals surface area contributed by atoms with Crippen LogP contribution in [0.15, 0.2) is 36.5 Å². The van der Waals surface area contributed by atoms with E-state index in [1.807, 2.05) is 24.4 Å². The van der Waals surface area contributed by atoms with E-state index in [2.05, 4.69) is 27.1 Å². The Morgan fingerprint density at radius 2 is 1.89 bits per heavy atom. The first kappa shape index (κ1) is 19.0. The summed E-state index contributed by atoms with van der Waals surface area (Å²) < 4.78 is 10.6. The summed E-state index contributed by atoms with van der Waals surface area (Å²) in [6.45, 7) is 4.06. The molecule has 27 heavy (non-hydrogen) atoms. The third kappa shape index (κ3) is 4.89. The topological polar surface area (TPSA) is 66.9 Å². The zero-order valence-electron chi connectivity index (χ0n) is 16.1. The molecule has 0 radical (unpaired) electrons.